The lowest BCUT2D eigenvalue weighted by Gasteiger charge is -2.21. The fraction of sp³-hybridized carbons (Fsp3) is 0.385. The van der Waals surface area contributed by atoms with Gasteiger partial charge in [-0.1, -0.05) is 22.9 Å². The lowest BCUT2D eigenvalue weighted by atomic mass is 9.99. The van der Waals surface area contributed by atoms with E-state index in [1.807, 2.05) is 12.1 Å². The van der Waals surface area contributed by atoms with E-state index in [-0.39, 0.29) is 11.8 Å². The third-order valence-corrected chi connectivity index (χ3v) is 4.42. The second kappa shape index (κ2) is 5.45. The van der Waals surface area contributed by atoms with Crippen LogP contribution in [0.5, 0.6) is 0 Å². The summed E-state index contributed by atoms with van der Waals surface area (Å²) in [4.78, 5) is 16.5. The molecule has 2 N–H and O–H groups in total. The average molecular weight is 296 g/mol. The first-order chi connectivity index (χ1) is 9.22. The smallest absolute Gasteiger partial charge is 0.230 e. The van der Waals surface area contributed by atoms with Gasteiger partial charge in [0, 0.05) is 11.6 Å². The van der Waals surface area contributed by atoms with Gasteiger partial charge in [-0.15, -0.1) is 0 Å². The molecule has 3 rings (SSSR count). The van der Waals surface area contributed by atoms with Gasteiger partial charge in [0.25, 0.3) is 0 Å². The summed E-state index contributed by atoms with van der Waals surface area (Å²) in [7, 11) is 0. The summed E-state index contributed by atoms with van der Waals surface area (Å²) in [6, 6.07) is 5.54. The van der Waals surface area contributed by atoms with Crippen LogP contribution < -0.4 is 10.6 Å². The van der Waals surface area contributed by atoms with Crippen molar-refractivity contribution in [2.45, 2.75) is 12.8 Å². The van der Waals surface area contributed by atoms with Gasteiger partial charge in [0.1, 0.15) is 0 Å². The zero-order valence-electron chi connectivity index (χ0n) is 10.3. The van der Waals surface area contributed by atoms with Gasteiger partial charge in [0.15, 0.2) is 5.13 Å². The maximum Gasteiger partial charge on any atom is 0.230 e. The van der Waals surface area contributed by atoms with Gasteiger partial charge in [0.2, 0.25) is 5.91 Å². The molecule has 1 fully saturated rings. The SMILES string of the molecule is O=C(Nc1nc2ccc(Cl)cc2s1)C1CCCNC1. The average Bonchev–Trinajstić information content (AvgIpc) is 2.81. The number of aromatic nitrogens is 1. The van der Waals surface area contributed by atoms with Crippen molar-refractivity contribution in [1.29, 1.82) is 0 Å². The molecule has 1 saturated heterocycles. The summed E-state index contributed by atoms with van der Waals surface area (Å²) >= 11 is 7.39. The molecule has 19 heavy (non-hydrogen) atoms. The molecule has 1 aliphatic heterocycles. The van der Waals surface area contributed by atoms with Crippen LogP contribution in [0.3, 0.4) is 0 Å². The predicted molar refractivity (Wildman–Crippen MR) is 78.9 cm³/mol. The first-order valence-corrected chi connectivity index (χ1v) is 7.49. The van der Waals surface area contributed by atoms with Crippen molar-refractivity contribution in [2.24, 2.45) is 5.92 Å². The molecule has 6 heteroatoms. The maximum absolute atomic E-state index is 12.1. The summed E-state index contributed by atoms with van der Waals surface area (Å²) in [5.41, 5.74) is 0.867. The molecule has 1 aliphatic rings. The molecule has 1 atom stereocenters. The topological polar surface area (TPSA) is 54.0 Å². The second-order valence-corrected chi connectivity index (χ2v) is 6.13. The van der Waals surface area contributed by atoms with Crippen LogP contribution in [-0.4, -0.2) is 24.0 Å². The van der Waals surface area contributed by atoms with Crippen molar-refractivity contribution in [3.8, 4) is 0 Å². The van der Waals surface area contributed by atoms with Gasteiger partial charge in [-0.2, -0.15) is 0 Å². The zero-order chi connectivity index (χ0) is 13.2. The summed E-state index contributed by atoms with van der Waals surface area (Å²) < 4.78 is 0.990. The molecule has 1 unspecified atom stereocenters. The number of anilines is 1. The van der Waals surface area contributed by atoms with E-state index >= 15 is 0 Å². The number of carbonyl (C=O) groups is 1. The zero-order valence-corrected chi connectivity index (χ0v) is 11.9. The quantitative estimate of drug-likeness (QED) is 0.896. The Morgan fingerprint density at radius 1 is 1.53 bits per heavy atom. The van der Waals surface area contributed by atoms with E-state index in [1.165, 1.54) is 11.3 Å². The van der Waals surface area contributed by atoms with Gasteiger partial charge in [-0.3, -0.25) is 4.79 Å². The van der Waals surface area contributed by atoms with Crippen LogP contribution in [0, 0.1) is 5.92 Å². The number of amides is 1. The van der Waals surface area contributed by atoms with E-state index < -0.39 is 0 Å². The first kappa shape index (κ1) is 12.8. The van der Waals surface area contributed by atoms with Crippen molar-refractivity contribution in [1.82, 2.24) is 10.3 Å². The number of nitrogens with zero attached hydrogens (tertiary/aromatic N) is 1. The van der Waals surface area contributed by atoms with Crippen LogP contribution in [0.4, 0.5) is 5.13 Å². The normalized spacial score (nSPS) is 19.5. The Morgan fingerprint density at radius 2 is 2.42 bits per heavy atom. The number of fused-ring (bicyclic) bond motifs is 1. The highest BCUT2D eigenvalue weighted by Gasteiger charge is 2.21. The summed E-state index contributed by atoms with van der Waals surface area (Å²) in [6.45, 7) is 1.76. The number of rotatable bonds is 2. The number of hydrogen-bond donors (Lipinski definition) is 2. The van der Waals surface area contributed by atoms with Crippen molar-refractivity contribution in [2.75, 3.05) is 18.4 Å². The predicted octanol–water partition coefficient (Wildman–Crippen LogP) is 2.89. The highest BCUT2D eigenvalue weighted by Crippen LogP contribution is 2.28. The van der Waals surface area contributed by atoms with Crippen LogP contribution in [0.15, 0.2) is 18.2 Å². The summed E-state index contributed by atoms with van der Waals surface area (Å²) in [6.07, 6.45) is 1.99. The highest BCUT2D eigenvalue weighted by atomic mass is 35.5. The summed E-state index contributed by atoms with van der Waals surface area (Å²) in [5.74, 6) is 0.0988. The van der Waals surface area contributed by atoms with Gasteiger partial charge < -0.3 is 10.6 Å². The van der Waals surface area contributed by atoms with Crippen LogP contribution >= 0.6 is 22.9 Å². The Morgan fingerprint density at radius 3 is 3.21 bits per heavy atom. The number of piperidine rings is 1. The Kier molecular flexibility index (Phi) is 3.68. The van der Waals surface area contributed by atoms with Gasteiger partial charge in [-0.05, 0) is 37.6 Å². The van der Waals surface area contributed by atoms with Crippen molar-refractivity contribution in [3.05, 3.63) is 23.2 Å². The Bertz CT molecular complexity index is 607. The number of nitrogens with one attached hydrogen (secondary N) is 2. The van der Waals surface area contributed by atoms with E-state index in [4.69, 9.17) is 11.6 Å². The monoisotopic (exact) mass is 295 g/mol. The third-order valence-electron chi connectivity index (χ3n) is 3.25. The van der Waals surface area contributed by atoms with Gasteiger partial charge >= 0.3 is 0 Å². The highest BCUT2D eigenvalue weighted by molar-refractivity contribution is 7.22. The lowest BCUT2D eigenvalue weighted by Crippen LogP contribution is -2.37. The van der Waals surface area contributed by atoms with Gasteiger partial charge in [-0.25, -0.2) is 4.98 Å². The van der Waals surface area contributed by atoms with Crippen molar-refractivity contribution >= 4 is 44.2 Å². The minimum Gasteiger partial charge on any atom is -0.316 e. The third kappa shape index (κ3) is 2.88. The molecule has 1 aromatic carbocycles. The molecule has 1 aromatic heterocycles. The summed E-state index contributed by atoms with van der Waals surface area (Å²) in [5, 5.41) is 7.48. The van der Waals surface area contributed by atoms with E-state index in [0.717, 1.165) is 36.1 Å². The van der Waals surface area contributed by atoms with Gasteiger partial charge in [0.05, 0.1) is 16.1 Å². The van der Waals surface area contributed by atoms with Crippen LogP contribution in [-0.2, 0) is 4.79 Å². The molecule has 0 saturated carbocycles. The van der Waals surface area contributed by atoms with Crippen LogP contribution in [0.25, 0.3) is 10.2 Å². The molecule has 0 radical (unpaired) electrons. The molecule has 2 heterocycles. The minimum atomic E-state index is 0.0457. The molecule has 4 nitrogen and oxygen atoms in total. The molecule has 0 aliphatic carbocycles. The molecule has 0 spiro atoms. The largest absolute Gasteiger partial charge is 0.316 e. The number of carbonyl (C=O) groups excluding carboxylic acids is 1. The fourth-order valence-corrected chi connectivity index (χ4v) is 3.38. The molecule has 1 amide bonds. The standard InChI is InChI=1S/C13H14ClN3OS/c14-9-3-4-10-11(6-9)19-13(16-10)17-12(18)8-2-1-5-15-7-8/h3-4,6,8,15H,1-2,5,7H2,(H,16,17,18). The van der Waals surface area contributed by atoms with Crippen molar-refractivity contribution < 1.29 is 4.79 Å². The lowest BCUT2D eigenvalue weighted by molar-refractivity contribution is -0.120. The second-order valence-electron chi connectivity index (χ2n) is 4.66. The van der Waals surface area contributed by atoms with E-state index in [2.05, 4.69) is 15.6 Å². The number of hydrogen-bond acceptors (Lipinski definition) is 4. The molecular weight excluding hydrogens is 282 g/mol. The fourth-order valence-electron chi connectivity index (χ4n) is 2.23. The Balaban J connectivity index is 1.75. The van der Waals surface area contributed by atoms with Crippen LogP contribution in [0.1, 0.15) is 12.8 Å². The van der Waals surface area contributed by atoms with Crippen molar-refractivity contribution in [3.63, 3.8) is 0 Å². The number of halogens is 1. The van der Waals surface area contributed by atoms with E-state index in [1.54, 1.807) is 6.07 Å². The molecule has 100 valence electrons. The maximum atomic E-state index is 12.1. The number of thiazole rings is 1. The Labute approximate surface area is 120 Å². The molecule has 2 aromatic rings. The first-order valence-electron chi connectivity index (χ1n) is 6.30. The minimum absolute atomic E-state index is 0.0457. The molecular formula is C13H14ClN3OS. The van der Waals surface area contributed by atoms with E-state index in [0.29, 0.717) is 10.2 Å². The Hall–Kier alpha value is -1.17. The van der Waals surface area contributed by atoms with Crippen LogP contribution in [0.2, 0.25) is 5.02 Å². The molecule has 0 bridgehead atoms. The van der Waals surface area contributed by atoms with E-state index in [9.17, 15) is 4.79 Å². The number of benzene rings is 1.